The number of amides is 1. The maximum Gasteiger partial charge on any atom is 0.225 e. The monoisotopic (exact) mass is 447 g/mol. The number of nitrogens with one attached hydrogen (secondary N) is 3. The number of carbonyl (C=O) groups is 1. The first-order chi connectivity index (χ1) is 16.1. The van der Waals surface area contributed by atoms with Crippen LogP contribution in [0.3, 0.4) is 0 Å². The van der Waals surface area contributed by atoms with Crippen LogP contribution in [-0.4, -0.2) is 42.9 Å². The molecule has 0 bridgehead atoms. The van der Waals surface area contributed by atoms with Gasteiger partial charge in [-0.1, -0.05) is 49.4 Å². The molecule has 176 valence electrons. The second-order valence-corrected chi connectivity index (χ2v) is 9.36. The molecule has 2 aliphatic rings. The van der Waals surface area contributed by atoms with Crippen LogP contribution in [0.4, 0.5) is 5.69 Å². The molecule has 2 atom stereocenters. The molecule has 4 rings (SSSR count). The minimum atomic E-state index is 0.0726. The Morgan fingerprint density at radius 3 is 2.73 bits per heavy atom. The molecule has 1 saturated heterocycles. The third kappa shape index (κ3) is 6.35. The maximum atomic E-state index is 12.1. The molecule has 2 aliphatic heterocycles. The summed E-state index contributed by atoms with van der Waals surface area (Å²) in [5.41, 5.74) is 4.74. The molecular formula is C27H37N5O. The molecule has 0 spiro atoms. The smallest absolute Gasteiger partial charge is 0.225 e. The third-order valence-corrected chi connectivity index (χ3v) is 6.63. The van der Waals surface area contributed by atoms with Crippen molar-refractivity contribution >= 4 is 17.6 Å². The second kappa shape index (κ2) is 11.3. The number of piperidine rings is 1. The van der Waals surface area contributed by atoms with Gasteiger partial charge in [-0.2, -0.15) is 0 Å². The first-order valence-electron chi connectivity index (χ1n) is 12.3. The molecule has 2 aromatic carbocycles. The van der Waals surface area contributed by atoms with E-state index in [0.717, 1.165) is 30.7 Å². The third-order valence-electron chi connectivity index (χ3n) is 6.63. The highest BCUT2D eigenvalue weighted by Gasteiger charge is 2.24. The van der Waals surface area contributed by atoms with E-state index >= 15 is 0 Å². The quantitative estimate of drug-likeness (QED) is 0.442. The van der Waals surface area contributed by atoms with E-state index in [9.17, 15) is 4.79 Å². The van der Waals surface area contributed by atoms with Crippen LogP contribution in [0.25, 0.3) is 0 Å². The Labute approximate surface area is 197 Å². The highest BCUT2D eigenvalue weighted by molar-refractivity contribution is 5.94. The Kier molecular flexibility index (Phi) is 8.00. The number of likely N-dealkylation sites (tertiary alicyclic amines) is 1. The Morgan fingerprint density at radius 2 is 1.91 bits per heavy atom. The van der Waals surface area contributed by atoms with Crippen LogP contribution in [0.1, 0.15) is 55.7 Å². The van der Waals surface area contributed by atoms with Crippen LogP contribution in [-0.2, 0) is 17.9 Å². The standard InChI is InChI=1S/C27H37N5O/c1-3-28-27(30-17-23-15-26(33)31-25-13-7-6-12-24(23)25)29-16-21-10-4-5-11-22(21)19-32-14-8-9-20(2)18-32/h4-7,10-13,20,23H,3,8-9,14-19H2,1-2H3,(H,31,33)(H2,28,29,30). The van der Waals surface area contributed by atoms with Crippen molar-refractivity contribution in [3.8, 4) is 0 Å². The molecule has 2 unspecified atom stereocenters. The van der Waals surface area contributed by atoms with Gasteiger partial charge in [0.05, 0.1) is 6.54 Å². The van der Waals surface area contributed by atoms with E-state index in [-0.39, 0.29) is 11.8 Å². The van der Waals surface area contributed by atoms with Crippen LogP contribution in [0.5, 0.6) is 0 Å². The van der Waals surface area contributed by atoms with Crippen LogP contribution >= 0.6 is 0 Å². The average molecular weight is 448 g/mol. The van der Waals surface area contributed by atoms with Gasteiger partial charge in [0.25, 0.3) is 0 Å². The Hall–Kier alpha value is -2.86. The van der Waals surface area contributed by atoms with Crippen LogP contribution in [0.2, 0.25) is 0 Å². The number of rotatable bonds is 7. The molecule has 1 amide bonds. The van der Waals surface area contributed by atoms with Gasteiger partial charge in [-0.15, -0.1) is 0 Å². The number of carbonyl (C=O) groups excluding carboxylic acids is 1. The summed E-state index contributed by atoms with van der Waals surface area (Å²) < 4.78 is 0. The average Bonchev–Trinajstić information content (AvgIpc) is 2.81. The summed E-state index contributed by atoms with van der Waals surface area (Å²) in [7, 11) is 0. The predicted molar refractivity (Wildman–Crippen MR) is 135 cm³/mol. The largest absolute Gasteiger partial charge is 0.357 e. The van der Waals surface area contributed by atoms with Gasteiger partial charge >= 0.3 is 0 Å². The van der Waals surface area contributed by atoms with Crippen molar-refractivity contribution in [3.63, 3.8) is 0 Å². The van der Waals surface area contributed by atoms with Gasteiger partial charge in [0.1, 0.15) is 0 Å². The number of guanidine groups is 1. The van der Waals surface area contributed by atoms with E-state index in [4.69, 9.17) is 4.99 Å². The molecule has 6 nitrogen and oxygen atoms in total. The van der Waals surface area contributed by atoms with E-state index in [1.165, 1.54) is 42.6 Å². The van der Waals surface area contributed by atoms with E-state index in [2.05, 4.69) is 65.0 Å². The zero-order valence-electron chi connectivity index (χ0n) is 19.9. The fraction of sp³-hybridized carbons (Fsp3) is 0.481. The zero-order valence-corrected chi connectivity index (χ0v) is 19.9. The second-order valence-electron chi connectivity index (χ2n) is 9.36. The fourth-order valence-electron chi connectivity index (χ4n) is 4.95. The van der Waals surface area contributed by atoms with Crippen LogP contribution in [0, 0.1) is 5.92 Å². The lowest BCUT2D eigenvalue weighted by Gasteiger charge is -2.31. The summed E-state index contributed by atoms with van der Waals surface area (Å²) in [6, 6.07) is 16.7. The minimum Gasteiger partial charge on any atom is -0.357 e. The minimum absolute atomic E-state index is 0.0726. The Bertz CT molecular complexity index is 972. The van der Waals surface area contributed by atoms with Crippen molar-refractivity contribution in [2.45, 2.75) is 52.1 Å². The predicted octanol–water partition coefficient (Wildman–Crippen LogP) is 4.10. The number of hydrogen-bond donors (Lipinski definition) is 3. The first kappa shape index (κ1) is 23.3. The van der Waals surface area contributed by atoms with Crippen molar-refractivity contribution in [2.24, 2.45) is 10.9 Å². The van der Waals surface area contributed by atoms with Crippen molar-refractivity contribution in [2.75, 3.05) is 31.5 Å². The number of anilines is 1. The Balaban J connectivity index is 1.41. The summed E-state index contributed by atoms with van der Waals surface area (Å²) in [6.07, 6.45) is 3.12. The van der Waals surface area contributed by atoms with Crippen molar-refractivity contribution in [3.05, 3.63) is 65.2 Å². The zero-order chi connectivity index (χ0) is 23.0. The molecule has 0 aromatic heterocycles. The molecule has 0 saturated carbocycles. The lowest BCUT2D eigenvalue weighted by atomic mass is 9.90. The summed E-state index contributed by atoms with van der Waals surface area (Å²) in [5, 5.41) is 9.81. The fourth-order valence-corrected chi connectivity index (χ4v) is 4.95. The first-order valence-corrected chi connectivity index (χ1v) is 12.3. The van der Waals surface area contributed by atoms with E-state index in [1.54, 1.807) is 0 Å². The van der Waals surface area contributed by atoms with Gasteiger partial charge in [0.15, 0.2) is 5.96 Å². The maximum absolute atomic E-state index is 12.1. The highest BCUT2D eigenvalue weighted by atomic mass is 16.1. The molecule has 1 fully saturated rings. The lowest BCUT2D eigenvalue weighted by molar-refractivity contribution is -0.116. The normalized spacial score (nSPS) is 21.3. The van der Waals surface area contributed by atoms with Crippen molar-refractivity contribution in [1.29, 1.82) is 0 Å². The van der Waals surface area contributed by atoms with Crippen LogP contribution in [0.15, 0.2) is 53.5 Å². The highest BCUT2D eigenvalue weighted by Crippen LogP contribution is 2.31. The topological polar surface area (TPSA) is 68.8 Å². The van der Waals surface area contributed by atoms with Gasteiger partial charge in [-0.3, -0.25) is 9.69 Å². The summed E-state index contributed by atoms with van der Waals surface area (Å²) >= 11 is 0. The van der Waals surface area contributed by atoms with Gasteiger partial charge in [0.2, 0.25) is 5.91 Å². The van der Waals surface area contributed by atoms with E-state index in [0.29, 0.717) is 19.5 Å². The SMILES string of the molecule is CCNC(=NCc1ccccc1CN1CCCC(C)C1)NCC1CC(=O)Nc2ccccc21. The molecule has 6 heteroatoms. The van der Waals surface area contributed by atoms with Gasteiger partial charge < -0.3 is 16.0 Å². The number of nitrogens with zero attached hydrogens (tertiary/aromatic N) is 2. The van der Waals surface area contributed by atoms with Gasteiger partial charge in [0, 0.05) is 44.2 Å². The molecule has 33 heavy (non-hydrogen) atoms. The number of benzene rings is 2. The summed E-state index contributed by atoms with van der Waals surface area (Å²) in [6.45, 7) is 9.88. The Morgan fingerprint density at radius 1 is 1.12 bits per heavy atom. The van der Waals surface area contributed by atoms with Crippen molar-refractivity contribution in [1.82, 2.24) is 15.5 Å². The molecular weight excluding hydrogens is 410 g/mol. The molecule has 0 radical (unpaired) electrons. The molecule has 2 aromatic rings. The number of aliphatic imine (C=N–C) groups is 1. The number of fused-ring (bicyclic) bond motifs is 1. The summed E-state index contributed by atoms with van der Waals surface area (Å²) in [4.78, 5) is 19.6. The van der Waals surface area contributed by atoms with Gasteiger partial charge in [-0.05, 0) is 55.0 Å². The molecule has 3 N–H and O–H groups in total. The lowest BCUT2D eigenvalue weighted by Crippen LogP contribution is -2.40. The number of hydrogen-bond acceptors (Lipinski definition) is 3. The van der Waals surface area contributed by atoms with E-state index in [1.807, 2.05) is 18.2 Å². The molecule has 2 heterocycles. The van der Waals surface area contributed by atoms with Crippen LogP contribution < -0.4 is 16.0 Å². The number of para-hydroxylation sites is 1. The van der Waals surface area contributed by atoms with Crippen molar-refractivity contribution < 1.29 is 4.79 Å². The van der Waals surface area contributed by atoms with E-state index < -0.39 is 0 Å². The molecule has 0 aliphatic carbocycles. The summed E-state index contributed by atoms with van der Waals surface area (Å²) in [5.74, 6) is 1.78. The van der Waals surface area contributed by atoms with Gasteiger partial charge in [-0.25, -0.2) is 4.99 Å².